The molecule has 0 aromatic rings. The molecule has 0 bridgehead atoms. The zero-order valence-electron chi connectivity index (χ0n) is 14.7. The second-order valence-electron chi connectivity index (χ2n) is 5.45. The van der Waals surface area contributed by atoms with Crippen LogP contribution in [0.15, 0.2) is 35.6 Å². The highest BCUT2D eigenvalue weighted by Gasteiger charge is 2.10. The first-order chi connectivity index (χ1) is 10.5. The second kappa shape index (κ2) is 12.4. The van der Waals surface area contributed by atoms with Crippen molar-refractivity contribution in [1.29, 1.82) is 0 Å². The van der Waals surface area contributed by atoms with Crippen LogP contribution in [0, 0.1) is 5.92 Å². The normalized spacial score (nSPS) is 15.4. The Labute approximate surface area is 134 Å². The number of hydrogen-bond donors (Lipinski definition) is 0. The van der Waals surface area contributed by atoms with Gasteiger partial charge in [0.1, 0.15) is 17.4 Å². The lowest BCUT2D eigenvalue weighted by Gasteiger charge is -2.24. The molecular weight excluding hydrogens is 284 g/mol. The number of ether oxygens (including phenoxy) is 1. The highest BCUT2D eigenvalue weighted by atomic mass is 19.1. The zero-order valence-corrected chi connectivity index (χ0v) is 14.7. The van der Waals surface area contributed by atoms with Gasteiger partial charge in [0.2, 0.25) is 0 Å². The van der Waals surface area contributed by atoms with E-state index in [4.69, 9.17) is 4.74 Å². The Morgan fingerprint density at radius 3 is 2.32 bits per heavy atom. The minimum absolute atomic E-state index is 0.140. The van der Waals surface area contributed by atoms with Crippen LogP contribution in [-0.2, 0) is 4.74 Å². The van der Waals surface area contributed by atoms with Crippen molar-refractivity contribution in [3.8, 4) is 0 Å². The van der Waals surface area contributed by atoms with E-state index in [2.05, 4.69) is 25.7 Å². The molecule has 0 heterocycles. The van der Waals surface area contributed by atoms with E-state index >= 15 is 0 Å². The van der Waals surface area contributed by atoms with E-state index in [-0.39, 0.29) is 17.5 Å². The summed E-state index contributed by atoms with van der Waals surface area (Å²) in [5.41, 5.74) is 0. The zero-order chi connectivity index (χ0) is 17.0. The Morgan fingerprint density at radius 1 is 1.18 bits per heavy atom. The van der Waals surface area contributed by atoms with Crippen LogP contribution >= 0.6 is 0 Å². The fourth-order valence-electron chi connectivity index (χ4n) is 2.16. The van der Waals surface area contributed by atoms with Crippen LogP contribution in [0.3, 0.4) is 0 Å². The second-order valence-corrected chi connectivity index (χ2v) is 5.45. The lowest BCUT2D eigenvalue weighted by atomic mass is 10.0. The maximum absolute atomic E-state index is 14.1. The fourth-order valence-corrected chi connectivity index (χ4v) is 2.16. The summed E-state index contributed by atoms with van der Waals surface area (Å²) in [7, 11) is 1.40. The topological polar surface area (TPSA) is 12.5 Å². The first kappa shape index (κ1) is 20.8. The molecule has 0 saturated carbocycles. The van der Waals surface area contributed by atoms with Gasteiger partial charge in [-0.25, -0.2) is 8.78 Å². The van der Waals surface area contributed by atoms with Gasteiger partial charge < -0.3 is 9.64 Å². The molecule has 0 aliphatic rings. The predicted octanol–water partition coefficient (Wildman–Crippen LogP) is 5.39. The molecule has 0 radical (unpaired) electrons. The van der Waals surface area contributed by atoms with Crippen molar-refractivity contribution in [2.75, 3.05) is 26.7 Å². The van der Waals surface area contributed by atoms with Gasteiger partial charge in [0.05, 0.1) is 7.11 Å². The molecule has 0 N–H and O–H groups in total. The van der Waals surface area contributed by atoms with Crippen LogP contribution in [-0.4, -0.2) is 31.6 Å². The molecule has 0 aromatic heterocycles. The van der Waals surface area contributed by atoms with E-state index in [0.29, 0.717) is 0 Å². The molecule has 0 fully saturated rings. The van der Waals surface area contributed by atoms with Crippen LogP contribution in [0.5, 0.6) is 0 Å². The highest BCUT2D eigenvalue weighted by Crippen LogP contribution is 2.15. The average Bonchev–Trinajstić information content (AvgIpc) is 2.48. The predicted molar refractivity (Wildman–Crippen MR) is 90.0 cm³/mol. The van der Waals surface area contributed by atoms with E-state index in [1.54, 1.807) is 6.08 Å². The maximum Gasteiger partial charge on any atom is 0.124 e. The van der Waals surface area contributed by atoms with Crippen LogP contribution in [0.4, 0.5) is 8.78 Å². The van der Waals surface area contributed by atoms with Gasteiger partial charge in [-0.2, -0.15) is 0 Å². The fraction of sp³-hybridized carbons (Fsp3) is 0.667. The number of unbranched alkanes of at least 4 members (excludes halogenated alkanes) is 1. The minimum Gasteiger partial charge on any atom is -0.497 e. The average molecular weight is 315 g/mol. The third-order valence-electron chi connectivity index (χ3n) is 3.54. The summed E-state index contributed by atoms with van der Waals surface area (Å²) in [4.78, 5) is 2.34. The molecule has 4 heteroatoms. The van der Waals surface area contributed by atoms with E-state index in [1.165, 1.54) is 26.2 Å². The van der Waals surface area contributed by atoms with Crippen molar-refractivity contribution < 1.29 is 13.5 Å². The van der Waals surface area contributed by atoms with Crippen LogP contribution < -0.4 is 0 Å². The van der Waals surface area contributed by atoms with Gasteiger partial charge in [0, 0.05) is 18.7 Å². The smallest absolute Gasteiger partial charge is 0.124 e. The largest absolute Gasteiger partial charge is 0.497 e. The summed E-state index contributed by atoms with van der Waals surface area (Å²) in [5.74, 6) is -0.471. The quantitative estimate of drug-likeness (QED) is 0.374. The molecule has 0 rings (SSSR count). The molecule has 1 unspecified atom stereocenters. The van der Waals surface area contributed by atoms with Crippen molar-refractivity contribution in [3.05, 3.63) is 35.6 Å². The summed E-state index contributed by atoms with van der Waals surface area (Å²) in [6.07, 6.45) is 7.19. The number of methoxy groups -OCH3 is 1. The Bertz CT molecular complexity index is 385. The van der Waals surface area contributed by atoms with Gasteiger partial charge in [-0.1, -0.05) is 27.2 Å². The molecule has 1 atom stereocenters. The highest BCUT2D eigenvalue weighted by molar-refractivity contribution is 5.23. The minimum atomic E-state index is -0.412. The van der Waals surface area contributed by atoms with E-state index in [0.717, 1.165) is 38.9 Å². The van der Waals surface area contributed by atoms with Crippen LogP contribution in [0.25, 0.3) is 0 Å². The van der Waals surface area contributed by atoms with Gasteiger partial charge in [-0.15, -0.1) is 0 Å². The molecule has 22 heavy (non-hydrogen) atoms. The molecule has 128 valence electrons. The number of halogens is 2. The Balaban J connectivity index is 4.86. The van der Waals surface area contributed by atoms with Gasteiger partial charge >= 0.3 is 0 Å². The van der Waals surface area contributed by atoms with Crippen molar-refractivity contribution in [2.45, 2.75) is 47.0 Å². The standard InChI is InChI=1S/C18H31F2NO/c1-6-9-10-21(8-3)14-16(7-2)12-17(20)13-18(22-5)11-15(4)19/h11-13,16H,6-10,14H2,1-5H3/b15-11+,17-12-,18-13+. The SMILES string of the molecule is CCCCN(CC)CC(/C=C(F)/C=C(\C=C(/C)F)OC)CC. The van der Waals surface area contributed by atoms with Crippen molar-refractivity contribution in [2.24, 2.45) is 5.92 Å². The van der Waals surface area contributed by atoms with Crippen LogP contribution in [0.2, 0.25) is 0 Å². The van der Waals surface area contributed by atoms with E-state index in [1.807, 2.05) is 0 Å². The third kappa shape index (κ3) is 9.72. The molecule has 0 aromatic carbocycles. The summed E-state index contributed by atoms with van der Waals surface area (Å²) in [6.45, 7) is 10.5. The molecule has 0 aliphatic carbocycles. The van der Waals surface area contributed by atoms with Crippen molar-refractivity contribution >= 4 is 0 Å². The number of allylic oxidation sites excluding steroid dienone is 4. The summed E-state index contributed by atoms with van der Waals surface area (Å²) >= 11 is 0. The van der Waals surface area contributed by atoms with Gasteiger partial charge in [0.15, 0.2) is 0 Å². The monoisotopic (exact) mass is 315 g/mol. The Hall–Kier alpha value is -1.16. The lowest BCUT2D eigenvalue weighted by Crippen LogP contribution is -2.29. The summed E-state index contributed by atoms with van der Waals surface area (Å²) in [6, 6.07) is 0. The first-order valence-corrected chi connectivity index (χ1v) is 8.15. The maximum atomic E-state index is 14.1. The van der Waals surface area contributed by atoms with Gasteiger partial charge in [0.25, 0.3) is 0 Å². The molecule has 0 spiro atoms. The van der Waals surface area contributed by atoms with E-state index in [9.17, 15) is 8.78 Å². The third-order valence-corrected chi connectivity index (χ3v) is 3.54. The van der Waals surface area contributed by atoms with Crippen molar-refractivity contribution in [3.63, 3.8) is 0 Å². The molecule has 0 amide bonds. The molecular formula is C18H31F2NO. The molecule has 0 aliphatic heterocycles. The van der Waals surface area contributed by atoms with E-state index < -0.39 is 5.83 Å². The Kier molecular flexibility index (Phi) is 11.7. The number of nitrogens with zero attached hydrogens (tertiary/aromatic N) is 1. The van der Waals surface area contributed by atoms with Gasteiger partial charge in [-0.3, -0.25) is 0 Å². The lowest BCUT2D eigenvalue weighted by molar-refractivity contribution is 0.252. The van der Waals surface area contributed by atoms with Crippen molar-refractivity contribution in [1.82, 2.24) is 4.90 Å². The van der Waals surface area contributed by atoms with Crippen LogP contribution in [0.1, 0.15) is 47.0 Å². The summed E-state index contributed by atoms with van der Waals surface area (Å²) < 4.78 is 31.9. The molecule has 0 saturated heterocycles. The number of rotatable bonds is 11. The number of hydrogen-bond acceptors (Lipinski definition) is 2. The molecule has 2 nitrogen and oxygen atoms in total. The first-order valence-electron chi connectivity index (χ1n) is 8.15. The van der Waals surface area contributed by atoms with Gasteiger partial charge in [-0.05, 0) is 44.8 Å². The Morgan fingerprint density at radius 2 is 1.86 bits per heavy atom. The summed E-state index contributed by atoms with van der Waals surface area (Å²) in [5, 5.41) is 0.